The van der Waals surface area contributed by atoms with Gasteiger partial charge in [0.2, 0.25) is 0 Å². The summed E-state index contributed by atoms with van der Waals surface area (Å²) in [5.74, 6) is 1.47. The molecular formula is C10H22O. The second-order valence-electron chi connectivity index (χ2n) is 3.64. The lowest BCUT2D eigenvalue weighted by molar-refractivity contribution is 0.143. The second kappa shape index (κ2) is 5.59. The maximum Gasteiger partial charge on any atom is 0.0514 e. The normalized spacial score (nSPS) is 16.9. The van der Waals surface area contributed by atoms with Crippen LogP contribution in [0.2, 0.25) is 0 Å². The number of aliphatic hydroxyl groups is 1. The number of hydrogen-bond donors (Lipinski definition) is 1. The Kier molecular flexibility index (Phi) is 5.57. The number of aliphatic hydroxyl groups excluding tert-OH is 1. The number of hydrogen-bond acceptors (Lipinski definition) is 1. The standard InChI is InChI=1S/C10H22O/c1-5-10(6-2)8(3)7-9(4)11/h8-11H,5-7H2,1-4H3. The monoisotopic (exact) mass is 158 g/mol. The van der Waals surface area contributed by atoms with E-state index in [1.54, 1.807) is 0 Å². The Morgan fingerprint density at radius 2 is 1.55 bits per heavy atom. The highest BCUT2D eigenvalue weighted by molar-refractivity contribution is 4.65. The van der Waals surface area contributed by atoms with Gasteiger partial charge in [0.05, 0.1) is 6.10 Å². The Morgan fingerprint density at radius 3 is 1.82 bits per heavy atom. The molecule has 0 rings (SSSR count). The SMILES string of the molecule is CCC(CC)C(C)CC(C)O. The van der Waals surface area contributed by atoms with Crippen LogP contribution in [0, 0.1) is 11.8 Å². The van der Waals surface area contributed by atoms with Gasteiger partial charge < -0.3 is 5.11 Å². The van der Waals surface area contributed by atoms with E-state index in [0.29, 0.717) is 5.92 Å². The molecule has 0 aliphatic carbocycles. The third-order valence-electron chi connectivity index (χ3n) is 2.57. The van der Waals surface area contributed by atoms with Gasteiger partial charge in [0, 0.05) is 0 Å². The van der Waals surface area contributed by atoms with Crippen LogP contribution in [0.5, 0.6) is 0 Å². The predicted molar refractivity (Wildman–Crippen MR) is 49.5 cm³/mol. The van der Waals surface area contributed by atoms with Gasteiger partial charge in [0.25, 0.3) is 0 Å². The summed E-state index contributed by atoms with van der Waals surface area (Å²) < 4.78 is 0. The lowest BCUT2D eigenvalue weighted by Crippen LogP contribution is -2.15. The van der Waals surface area contributed by atoms with Crippen LogP contribution in [0.25, 0.3) is 0 Å². The van der Waals surface area contributed by atoms with Crippen molar-refractivity contribution in [1.82, 2.24) is 0 Å². The summed E-state index contributed by atoms with van der Waals surface area (Å²) in [7, 11) is 0. The maximum absolute atomic E-state index is 9.16. The van der Waals surface area contributed by atoms with E-state index in [1.807, 2.05) is 6.92 Å². The minimum Gasteiger partial charge on any atom is -0.393 e. The minimum absolute atomic E-state index is 0.134. The van der Waals surface area contributed by atoms with Gasteiger partial charge in [0.15, 0.2) is 0 Å². The zero-order valence-electron chi connectivity index (χ0n) is 8.30. The molecule has 0 aromatic rings. The van der Waals surface area contributed by atoms with Crippen molar-refractivity contribution >= 4 is 0 Å². The quantitative estimate of drug-likeness (QED) is 0.652. The fourth-order valence-electron chi connectivity index (χ4n) is 1.82. The molecule has 68 valence electrons. The second-order valence-corrected chi connectivity index (χ2v) is 3.64. The van der Waals surface area contributed by atoms with E-state index in [0.717, 1.165) is 12.3 Å². The van der Waals surface area contributed by atoms with Crippen LogP contribution >= 0.6 is 0 Å². The summed E-state index contributed by atoms with van der Waals surface area (Å²) in [6.45, 7) is 8.57. The van der Waals surface area contributed by atoms with E-state index in [-0.39, 0.29) is 6.10 Å². The van der Waals surface area contributed by atoms with Crippen molar-refractivity contribution in [2.24, 2.45) is 11.8 Å². The molecule has 2 atom stereocenters. The van der Waals surface area contributed by atoms with Crippen LogP contribution in [0.4, 0.5) is 0 Å². The zero-order valence-corrected chi connectivity index (χ0v) is 8.30. The molecule has 0 aromatic carbocycles. The first kappa shape index (κ1) is 11.0. The van der Waals surface area contributed by atoms with Crippen molar-refractivity contribution in [2.45, 2.75) is 53.1 Å². The molecule has 0 heterocycles. The third kappa shape index (κ3) is 4.41. The number of rotatable bonds is 5. The molecule has 1 N–H and O–H groups in total. The maximum atomic E-state index is 9.16. The first-order valence-electron chi connectivity index (χ1n) is 4.79. The Labute approximate surface area is 70.8 Å². The molecule has 0 bridgehead atoms. The Morgan fingerprint density at radius 1 is 1.09 bits per heavy atom. The van der Waals surface area contributed by atoms with Gasteiger partial charge in [-0.2, -0.15) is 0 Å². The molecule has 0 amide bonds. The summed E-state index contributed by atoms with van der Waals surface area (Å²) in [5.41, 5.74) is 0. The highest BCUT2D eigenvalue weighted by atomic mass is 16.3. The van der Waals surface area contributed by atoms with Crippen LogP contribution in [0.15, 0.2) is 0 Å². The van der Waals surface area contributed by atoms with Gasteiger partial charge in [-0.3, -0.25) is 0 Å². The van der Waals surface area contributed by atoms with Crippen molar-refractivity contribution in [3.8, 4) is 0 Å². The molecule has 1 heteroatoms. The topological polar surface area (TPSA) is 20.2 Å². The van der Waals surface area contributed by atoms with E-state index in [9.17, 15) is 0 Å². The largest absolute Gasteiger partial charge is 0.393 e. The van der Waals surface area contributed by atoms with E-state index in [1.165, 1.54) is 12.8 Å². The van der Waals surface area contributed by atoms with Crippen LogP contribution in [-0.4, -0.2) is 11.2 Å². The Balaban J connectivity index is 3.68. The van der Waals surface area contributed by atoms with Crippen molar-refractivity contribution in [1.29, 1.82) is 0 Å². The smallest absolute Gasteiger partial charge is 0.0514 e. The van der Waals surface area contributed by atoms with E-state index < -0.39 is 0 Å². The fourth-order valence-corrected chi connectivity index (χ4v) is 1.82. The van der Waals surface area contributed by atoms with Gasteiger partial charge in [-0.15, -0.1) is 0 Å². The summed E-state index contributed by atoms with van der Waals surface area (Å²) in [6.07, 6.45) is 3.30. The highest BCUT2D eigenvalue weighted by Gasteiger charge is 2.14. The van der Waals surface area contributed by atoms with Gasteiger partial charge >= 0.3 is 0 Å². The average Bonchev–Trinajstić information content (AvgIpc) is 1.88. The van der Waals surface area contributed by atoms with Crippen LogP contribution in [0.1, 0.15) is 47.0 Å². The van der Waals surface area contributed by atoms with Crippen molar-refractivity contribution in [3.05, 3.63) is 0 Å². The van der Waals surface area contributed by atoms with Gasteiger partial charge in [-0.25, -0.2) is 0 Å². The Bertz CT molecular complexity index is 84.9. The van der Waals surface area contributed by atoms with Gasteiger partial charge in [-0.1, -0.05) is 33.6 Å². The molecule has 0 aliphatic heterocycles. The molecular weight excluding hydrogens is 136 g/mol. The Hall–Kier alpha value is -0.0400. The van der Waals surface area contributed by atoms with E-state index in [4.69, 9.17) is 5.11 Å². The zero-order chi connectivity index (χ0) is 8.85. The summed E-state index contributed by atoms with van der Waals surface area (Å²) in [5, 5.41) is 9.16. The van der Waals surface area contributed by atoms with Crippen molar-refractivity contribution in [2.75, 3.05) is 0 Å². The molecule has 1 nitrogen and oxygen atoms in total. The first-order valence-corrected chi connectivity index (χ1v) is 4.79. The molecule has 0 aliphatic rings. The average molecular weight is 158 g/mol. The predicted octanol–water partition coefficient (Wildman–Crippen LogP) is 2.83. The molecule has 0 fully saturated rings. The lowest BCUT2D eigenvalue weighted by Gasteiger charge is -2.22. The molecule has 11 heavy (non-hydrogen) atoms. The van der Waals surface area contributed by atoms with Crippen LogP contribution < -0.4 is 0 Å². The third-order valence-corrected chi connectivity index (χ3v) is 2.57. The van der Waals surface area contributed by atoms with Crippen LogP contribution in [-0.2, 0) is 0 Å². The summed E-state index contributed by atoms with van der Waals surface area (Å²) in [6, 6.07) is 0. The van der Waals surface area contributed by atoms with Crippen LogP contribution in [0.3, 0.4) is 0 Å². The van der Waals surface area contributed by atoms with E-state index in [2.05, 4.69) is 20.8 Å². The molecule has 0 spiro atoms. The molecule has 0 saturated carbocycles. The molecule has 0 saturated heterocycles. The van der Waals surface area contributed by atoms with Crippen molar-refractivity contribution < 1.29 is 5.11 Å². The lowest BCUT2D eigenvalue weighted by atomic mass is 9.86. The van der Waals surface area contributed by atoms with Crippen molar-refractivity contribution in [3.63, 3.8) is 0 Å². The summed E-state index contributed by atoms with van der Waals surface area (Å²) in [4.78, 5) is 0. The van der Waals surface area contributed by atoms with E-state index >= 15 is 0 Å². The highest BCUT2D eigenvalue weighted by Crippen LogP contribution is 2.22. The molecule has 0 radical (unpaired) electrons. The summed E-state index contributed by atoms with van der Waals surface area (Å²) >= 11 is 0. The molecule has 2 unspecified atom stereocenters. The van der Waals surface area contributed by atoms with Gasteiger partial charge in [-0.05, 0) is 25.2 Å². The first-order chi connectivity index (χ1) is 5.11. The van der Waals surface area contributed by atoms with Gasteiger partial charge in [0.1, 0.15) is 0 Å². The minimum atomic E-state index is -0.134. The molecule has 0 aromatic heterocycles. The fraction of sp³-hybridized carbons (Fsp3) is 1.00.